The molecular formula is C22H32N2O3. The van der Waals surface area contributed by atoms with Crippen LogP contribution in [0.5, 0.6) is 5.75 Å². The van der Waals surface area contributed by atoms with Gasteiger partial charge in [-0.3, -0.25) is 9.59 Å². The molecule has 1 aliphatic carbocycles. The Hall–Kier alpha value is -2.04. The summed E-state index contributed by atoms with van der Waals surface area (Å²) in [5, 5.41) is 0. The molecule has 0 bridgehead atoms. The number of hydrogen-bond donors (Lipinski definition) is 0. The molecule has 1 atom stereocenters. The fourth-order valence-corrected chi connectivity index (χ4v) is 3.90. The van der Waals surface area contributed by atoms with Gasteiger partial charge in [-0.25, -0.2) is 0 Å². The molecule has 5 nitrogen and oxygen atoms in total. The van der Waals surface area contributed by atoms with E-state index in [1.807, 2.05) is 29.2 Å². The molecule has 1 heterocycles. The first kappa shape index (κ1) is 19.7. The van der Waals surface area contributed by atoms with Gasteiger partial charge in [0.1, 0.15) is 5.75 Å². The van der Waals surface area contributed by atoms with Gasteiger partial charge >= 0.3 is 0 Å². The van der Waals surface area contributed by atoms with Crippen molar-refractivity contribution in [3.05, 3.63) is 29.8 Å². The van der Waals surface area contributed by atoms with E-state index in [2.05, 4.69) is 18.7 Å². The summed E-state index contributed by atoms with van der Waals surface area (Å²) in [5.41, 5.74) is 1.05. The number of para-hydroxylation sites is 1. The van der Waals surface area contributed by atoms with Crippen LogP contribution >= 0.6 is 0 Å². The quantitative estimate of drug-likeness (QED) is 0.739. The molecule has 1 aromatic carbocycles. The minimum Gasteiger partial charge on any atom is -0.496 e. The van der Waals surface area contributed by atoms with E-state index < -0.39 is 0 Å². The Morgan fingerprint density at radius 3 is 2.67 bits per heavy atom. The van der Waals surface area contributed by atoms with Crippen LogP contribution in [0.1, 0.15) is 45.1 Å². The number of ether oxygens (including phenoxy) is 1. The molecular weight excluding hydrogens is 340 g/mol. The van der Waals surface area contributed by atoms with Crippen molar-refractivity contribution in [3.8, 4) is 5.75 Å². The van der Waals surface area contributed by atoms with Crippen LogP contribution in [0, 0.1) is 11.8 Å². The molecule has 148 valence electrons. The normalized spacial score (nSPS) is 20.7. The Morgan fingerprint density at radius 1 is 1.26 bits per heavy atom. The summed E-state index contributed by atoms with van der Waals surface area (Å²) in [6.07, 6.45) is 4.01. The Morgan fingerprint density at radius 2 is 2.00 bits per heavy atom. The molecule has 0 radical (unpaired) electrons. The van der Waals surface area contributed by atoms with Gasteiger partial charge in [0.2, 0.25) is 11.8 Å². The first-order valence-corrected chi connectivity index (χ1v) is 10.2. The molecule has 2 fully saturated rings. The summed E-state index contributed by atoms with van der Waals surface area (Å²) in [4.78, 5) is 29.6. The lowest BCUT2D eigenvalue weighted by molar-refractivity contribution is -0.134. The fraction of sp³-hybridized carbons (Fsp3) is 0.636. The van der Waals surface area contributed by atoms with Crippen LogP contribution in [0.3, 0.4) is 0 Å². The average Bonchev–Trinajstić information content (AvgIpc) is 3.49. The highest BCUT2D eigenvalue weighted by molar-refractivity contribution is 5.81. The number of carbonyl (C=O) groups is 2. The standard InChI is InChI=1S/C22H32N2O3/c1-16(2)19-15-23(13-12-22(26)24(19)14-17-8-9-17)21(25)11-10-18-6-4-5-7-20(18)27-3/h4-7,16-17,19H,8-15H2,1-3H3/t19-/m0/s1. The highest BCUT2D eigenvalue weighted by Crippen LogP contribution is 2.32. The number of benzene rings is 1. The van der Waals surface area contributed by atoms with Crippen LogP contribution < -0.4 is 4.74 Å². The van der Waals surface area contributed by atoms with Crippen LogP contribution in [0.25, 0.3) is 0 Å². The molecule has 1 saturated carbocycles. The van der Waals surface area contributed by atoms with Gasteiger partial charge in [0.05, 0.1) is 13.2 Å². The molecule has 0 spiro atoms. The number of nitrogens with zero attached hydrogens (tertiary/aromatic N) is 2. The van der Waals surface area contributed by atoms with E-state index in [1.54, 1.807) is 7.11 Å². The smallest absolute Gasteiger partial charge is 0.224 e. The lowest BCUT2D eigenvalue weighted by atomic mass is 10.0. The monoisotopic (exact) mass is 372 g/mol. The summed E-state index contributed by atoms with van der Waals surface area (Å²) in [6.45, 7) is 6.36. The van der Waals surface area contributed by atoms with E-state index in [1.165, 1.54) is 12.8 Å². The second kappa shape index (κ2) is 8.77. The van der Waals surface area contributed by atoms with Crippen molar-refractivity contribution < 1.29 is 14.3 Å². The second-order valence-corrected chi connectivity index (χ2v) is 8.20. The third-order valence-corrected chi connectivity index (χ3v) is 5.80. The van der Waals surface area contributed by atoms with E-state index in [0.717, 1.165) is 17.9 Å². The summed E-state index contributed by atoms with van der Waals surface area (Å²) in [5.74, 6) is 2.18. The number of amides is 2. The van der Waals surface area contributed by atoms with Crippen LogP contribution in [0.4, 0.5) is 0 Å². The minimum absolute atomic E-state index is 0.121. The Bertz CT molecular complexity index is 669. The van der Waals surface area contributed by atoms with E-state index in [4.69, 9.17) is 4.74 Å². The highest BCUT2D eigenvalue weighted by atomic mass is 16.5. The van der Waals surface area contributed by atoms with E-state index in [-0.39, 0.29) is 17.9 Å². The highest BCUT2D eigenvalue weighted by Gasteiger charge is 2.36. The van der Waals surface area contributed by atoms with Crippen molar-refractivity contribution >= 4 is 11.8 Å². The van der Waals surface area contributed by atoms with Gasteiger partial charge in [0.25, 0.3) is 0 Å². The maximum atomic E-state index is 12.9. The zero-order chi connectivity index (χ0) is 19.4. The van der Waals surface area contributed by atoms with Gasteiger partial charge in [-0.1, -0.05) is 32.0 Å². The summed E-state index contributed by atoms with van der Waals surface area (Å²) >= 11 is 0. The number of rotatable bonds is 7. The van der Waals surface area contributed by atoms with E-state index in [0.29, 0.717) is 44.2 Å². The predicted molar refractivity (Wildman–Crippen MR) is 106 cm³/mol. The maximum Gasteiger partial charge on any atom is 0.224 e. The third kappa shape index (κ3) is 5.02. The topological polar surface area (TPSA) is 49.9 Å². The fourth-order valence-electron chi connectivity index (χ4n) is 3.90. The van der Waals surface area contributed by atoms with Gasteiger partial charge in [0.15, 0.2) is 0 Å². The summed E-state index contributed by atoms with van der Waals surface area (Å²) in [6, 6.07) is 7.96. The first-order valence-electron chi connectivity index (χ1n) is 10.2. The molecule has 2 amide bonds. The van der Waals surface area contributed by atoms with Crippen molar-refractivity contribution in [2.75, 3.05) is 26.7 Å². The molecule has 0 aromatic heterocycles. The number of methoxy groups -OCH3 is 1. The van der Waals surface area contributed by atoms with Crippen molar-refractivity contribution in [2.24, 2.45) is 11.8 Å². The van der Waals surface area contributed by atoms with E-state index in [9.17, 15) is 9.59 Å². The lowest BCUT2D eigenvalue weighted by Gasteiger charge is -2.35. The maximum absolute atomic E-state index is 12.9. The number of carbonyl (C=O) groups excluding carboxylic acids is 2. The molecule has 3 rings (SSSR count). The zero-order valence-electron chi connectivity index (χ0n) is 16.8. The third-order valence-electron chi connectivity index (χ3n) is 5.80. The Labute approximate surface area is 162 Å². The Balaban J connectivity index is 1.64. The number of hydrogen-bond acceptors (Lipinski definition) is 3. The zero-order valence-corrected chi connectivity index (χ0v) is 16.8. The summed E-state index contributed by atoms with van der Waals surface area (Å²) < 4.78 is 5.39. The van der Waals surface area contributed by atoms with Gasteiger partial charge in [0, 0.05) is 32.5 Å². The molecule has 2 aliphatic rings. The molecule has 1 aromatic rings. The first-order chi connectivity index (χ1) is 13.0. The second-order valence-electron chi connectivity index (χ2n) is 8.20. The lowest BCUT2D eigenvalue weighted by Crippen LogP contribution is -2.48. The van der Waals surface area contributed by atoms with Crippen LogP contribution in [-0.2, 0) is 16.0 Å². The molecule has 27 heavy (non-hydrogen) atoms. The molecule has 1 aliphatic heterocycles. The van der Waals surface area contributed by atoms with Crippen molar-refractivity contribution in [2.45, 2.75) is 52.0 Å². The molecule has 0 N–H and O–H groups in total. The van der Waals surface area contributed by atoms with Crippen LogP contribution in [0.2, 0.25) is 0 Å². The van der Waals surface area contributed by atoms with Gasteiger partial charge < -0.3 is 14.5 Å². The molecule has 0 unspecified atom stereocenters. The number of aryl methyl sites for hydroxylation is 1. The van der Waals surface area contributed by atoms with Crippen LogP contribution in [-0.4, -0.2) is 54.4 Å². The summed E-state index contributed by atoms with van der Waals surface area (Å²) in [7, 11) is 1.66. The predicted octanol–water partition coefficient (Wildman–Crippen LogP) is 3.12. The van der Waals surface area contributed by atoms with Gasteiger partial charge in [-0.2, -0.15) is 0 Å². The minimum atomic E-state index is 0.121. The average molecular weight is 373 g/mol. The van der Waals surface area contributed by atoms with Gasteiger partial charge in [-0.05, 0) is 42.7 Å². The van der Waals surface area contributed by atoms with Crippen molar-refractivity contribution in [1.82, 2.24) is 9.80 Å². The largest absolute Gasteiger partial charge is 0.496 e. The van der Waals surface area contributed by atoms with Crippen LogP contribution in [0.15, 0.2) is 24.3 Å². The van der Waals surface area contributed by atoms with Gasteiger partial charge in [-0.15, -0.1) is 0 Å². The Kier molecular flexibility index (Phi) is 6.40. The SMILES string of the molecule is COc1ccccc1CCC(=O)N1CCC(=O)N(CC2CC2)[C@H](C(C)C)C1. The molecule has 5 heteroatoms. The van der Waals surface area contributed by atoms with Crippen molar-refractivity contribution in [3.63, 3.8) is 0 Å². The van der Waals surface area contributed by atoms with Crippen molar-refractivity contribution in [1.29, 1.82) is 0 Å². The van der Waals surface area contributed by atoms with E-state index >= 15 is 0 Å². The molecule has 1 saturated heterocycles.